The largest absolute Gasteiger partial charge is 0.497 e. The summed E-state index contributed by atoms with van der Waals surface area (Å²) < 4.78 is 5.18. The summed E-state index contributed by atoms with van der Waals surface area (Å²) in [5.74, 6) is 0.751. The minimum Gasteiger partial charge on any atom is -0.497 e. The molecule has 0 fully saturated rings. The lowest BCUT2D eigenvalue weighted by molar-refractivity contribution is 0.414. The van der Waals surface area contributed by atoms with Crippen LogP contribution in [0, 0.1) is 0 Å². The Balaban J connectivity index is 2.42. The standard InChI is InChI=1S/C14H15Cl2NOS/c1-3-17-13(14-11(15)6-7-19-14)10-5-4-9(18-2)8-12(10)16/h4-8,13,17H,3H2,1-2H3. The summed E-state index contributed by atoms with van der Waals surface area (Å²) in [7, 11) is 1.63. The molecule has 2 rings (SSSR count). The monoisotopic (exact) mass is 315 g/mol. The van der Waals surface area contributed by atoms with Crippen molar-refractivity contribution in [1.82, 2.24) is 5.32 Å². The molecule has 102 valence electrons. The van der Waals surface area contributed by atoms with Gasteiger partial charge in [-0.15, -0.1) is 11.3 Å². The highest BCUT2D eigenvalue weighted by molar-refractivity contribution is 7.10. The molecule has 1 unspecified atom stereocenters. The fourth-order valence-electron chi connectivity index (χ4n) is 1.93. The van der Waals surface area contributed by atoms with Gasteiger partial charge in [-0.3, -0.25) is 0 Å². The number of ether oxygens (including phenoxy) is 1. The first-order valence-corrected chi connectivity index (χ1v) is 7.60. The molecule has 5 heteroatoms. The first-order chi connectivity index (χ1) is 9.17. The van der Waals surface area contributed by atoms with Crippen molar-refractivity contribution in [3.05, 3.63) is 50.1 Å². The van der Waals surface area contributed by atoms with Crippen molar-refractivity contribution in [2.75, 3.05) is 13.7 Å². The summed E-state index contributed by atoms with van der Waals surface area (Å²) in [6, 6.07) is 7.62. The van der Waals surface area contributed by atoms with Gasteiger partial charge in [0, 0.05) is 9.90 Å². The van der Waals surface area contributed by atoms with Crippen molar-refractivity contribution in [3.63, 3.8) is 0 Å². The molecule has 1 heterocycles. The lowest BCUT2D eigenvalue weighted by Gasteiger charge is -2.19. The van der Waals surface area contributed by atoms with E-state index in [0.717, 1.165) is 27.8 Å². The van der Waals surface area contributed by atoms with E-state index in [1.54, 1.807) is 18.4 Å². The van der Waals surface area contributed by atoms with Crippen molar-refractivity contribution >= 4 is 34.5 Å². The van der Waals surface area contributed by atoms with E-state index in [-0.39, 0.29) is 6.04 Å². The lowest BCUT2D eigenvalue weighted by Crippen LogP contribution is -2.21. The van der Waals surface area contributed by atoms with Gasteiger partial charge in [0.05, 0.1) is 18.2 Å². The van der Waals surface area contributed by atoms with Crippen LogP contribution in [0.15, 0.2) is 29.6 Å². The van der Waals surface area contributed by atoms with E-state index in [4.69, 9.17) is 27.9 Å². The zero-order chi connectivity index (χ0) is 13.8. The van der Waals surface area contributed by atoms with Crippen LogP contribution in [0.3, 0.4) is 0 Å². The Bertz CT molecular complexity index is 556. The normalized spacial score (nSPS) is 12.4. The maximum atomic E-state index is 6.35. The molecule has 2 nitrogen and oxygen atoms in total. The van der Waals surface area contributed by atoms with Crippen LogP contribution in [0.4, 0.5) is 0 Å². The van der Waals surface area contributed by atoms with Crippen LogP contribution in [-0.2, 0) is 0 Å². The van der Waals surface area contributed by atoms with E-state index in [9.17, 15) is 0 Å². The number of rotatable bonds is 5. The average Bonchev–Trinajstić information content (AvgIpc) is 2.82. The molecule has 0 amide bonds. The third kappa shape index (κ3) is 3.23. The van der Waals surface area contributed by atoms with Gasteiger partial charge in [-0.1, -0.05) is 36.2 Å². The van der Waals surface area contributed by atoms with E-state index in [1.165, 1.54) is 0 Å². The first kappa shape index (κ1) is 14.7. The van der Waals surface area contributed by atoms with Crippen LogP contribution in [0.25, 0.3) is 0 Å². The van der Waals surface area contributed by atoms with Gasteiger partial charge < -0.3 is 10.1 Å². The molecule has 1 aromatic heterocycles. The van der Waals surface area contributed by atoms with Crippen molar-refractivity contribution < 1.29 is 4.74 Å². The number of halogens is 2. The Labute approximate surface area is 127 Å². The first-order valence-electron chi connectivity index (χ1n) is 5.97. The fraction of sp³-hybridized carbons (Fsp3) is 0.286. The number of hydrogen-bond donors (Lipinski definition) is 1. The molecule has 1 atom stereocenters. The second-order valence-electron chi connectivity index (χ2n) is 4.01. The highest BCUT2D eigenvalue weighted by Gasteiger charge is 2.20. The molecule has 0 saturated heterocycles. The Hall–Kier alpha value is -0.740. The number of thiophene rings is 1. The van der Waals surface area contributed by atoms with Crippen LogP contribution < -0.4 is 10.1 Å². The van der Waals surface area contributed by atoms with E-state index in [2.05, 4.69) is 12.2 Å². The van der Waals surface area contributed by atoms with E-state index in [1.807, 2.05) is 29.6 Å². The summed E-state index contributed by atoms with van der Waals surface area (Å²) in [6.45, 7) is 2.90. The smallest absolute Gasteiger partial charge is 0.120 e. The summed E-state index contributed by atoms with van der Waals surface area (Å²) in [6.07, 6.45) is 0. The van der Waals surface area contributed by atoms with E-state index >= 15 is 0 Å². The van der Waals surface area contributed by atoms with Crippen LogP contribution in [0.2, 0.25) is 10.0 Å². The van der Waals surface area contributed by atoms with Gasteiger partial charge in [-0.05, 0) is 35.7 Å². The van der Waals surface area contributed by atoms with Gasteiger partial charge in [-0.2, -0.15) is 0 Å². The second kappa shape index (κ2) is 6.62. The average molecular weight is 316 g/mol. The summed E-state index contributed by atoms with van der Waals surface area (Å²) in [5, 5.41) is 6.85. The second-order valence-corrected chi connectivity index (χ2v) is 5.77. The molecule has 0 aliphatic heterocycles. The summed E-state index contributed by atoms with van der Waals surface area (Å²) in [5.41, 5.74) is 1.01. The lowest BCUT2D eigenvalue weighted by atomic mass is 10.0. The molecule has 0 bridgehead atoms. The Morgan fingerprint density at radius 1 is 1.26 bits per heavy atom. The maximum absolute atomic E-state index is 6.35. The molecule has 1 N–H and O–H groups in total. The van der Waals surface area contributed by atoms with Gasteiger partial charge in [-0.25, -0.2) is 0 Å². The third-order valence-electron chi connectivity index (χ3n) is 2.83. The quantitative estimate of drug-likeness (QED) is 0.858. The Morgan fingerprint density at radius 2 is 2.05 bits per heavy atom. The van der Waals surface area contributed by atoms with Crippen molar-refractivity contribution in [2.45, 2.75) is 13.0 Å². The van der Waals surface area contributed by atoms with Crippen LogP contribution in [0.1, 0.15) is 23.4 Å². The Morgan fingerprint density at radius 3 is 2.58 bits per heavy atom. The van der Waals surface area contributed by atoms with E-state index < -0.39 is 0 Å². The predicted octanol–water partition coefficient (Wildman–Crippen LogP) is 4.76. The SMILES string of the molecule is CCNC(c1ccc(OC)cc1Cl)c1sccc1Cl. The summed E-state index contributed by atoms with van der Waals surface area (Å²) in [4.78, 5) is 1.08. The predicted molar refractivity (Wildman–Crippen MR) is 82.9 cm³/mol. The summed E-state index contributed by atoms with van der Waals surface area (Å²) >= 11 is 14.2. The molecule has 0 saturated carbocycles. The molecule has 2 aromatic rings. The number of nitrogens with one attached hydrogen (secondary N) is 1. The van der Waals surface area contributed by atoms with Crippen LogP contribution in [-0.4, -0.2) is 13.7 Å². The molecule has 0 radical (unpaired) electrons. The van der Waals surface area contributed by atoms with Gasteiger partial charge in [0.15, 0.2) is 0 Å². The Kier molecular flexibility index (Phi) is 5.11. The van der Waals surface area contributed by atoms with Crippen LogP contribution >= 0.6 is 34.5 Å². The molecule has 0 spiro atoms. The highest BCUT2D eigenvalue weighted by Crippen LogP contribution is 2.36. The zero-order valence-corrected chi connectivity index (χ0v) is 13.1. The van der Waals surface area contributed by atoms with Gasteiger partial charge in [0.25, 0.3) is 0 Å². The number of methoxy groups -OCH3 is 1. The molecule has 0 aliphatic carbocycles. The highest BCUT2D eigenvalue weighted by atomic mass is 35.5. The van der Waals surface area contributed by atoms with Crippen LogP contribution in [0.5, 0.6) is 5.75 Å². The third-order valence-corrected chi connectivity index (χ3v) is 4.58. The minimum atomic E-state index is 0.0101. The fourth-order valence-corrected chi connectivity index (χ4v) is 3.47. The topological polar surface area (TPSA) is 21.3 Å². The molecule has 19 heavy (non-hydrogen) atoms. The molecule has 1 aromatic carbocycles. The minimum absolute atomic E-state index is 0.0101. The van der Waals surface area contributed by atoms with Gasteiger partial charge in [0.1, 0.15) is 5.75 Å². The maximum Gasteiger partial charge on any atom is 0.120 e. The number of benzene rings is 1. The number of hydrogen-bond acceptors (Lipinski definition) is 3. The van der Waals surface area contributed by atoms with Crippen molar-refractivity contribution in [3.8, 4) is 5.75 Å². The van der Waals surface area contributed by atoms with Crippen molar-refractivity contribution in [2.24, 2.45) is 0 Å². The van der Waals surface area contributed by atoms with Crippen molar-refractivity contribution in [1.29, 1.82) is 0 Å². The van der Waals surface area contributed by atoms with E-state index in [0.29, 0.717) is 5.02 Å². The molecular weight excluding hydrogens is 301 g/mol. The molecule has 0 aliphatic rings. The molecular formula is C14H15Cl2NOS. The van der Waals surface area contributed by atoms with Gasteiger partial charge in [0.2, 0.25) is 0 Å². The van der Waals surface area contributed by atoms with Gasteiger partial charge >= 0.3 is 0 Å². The zero-order valence-electron chi connectivity index (χ0n) is 10.7.